The molecule has 1 aliphatic heterocycles. The lowest BCUT2D eigenvalue weighted by Gasteiger charge is -2.21. The number of rotatable bonds is 6. The molecule has 0 fully saturated rings. The van der Waals surface area contributed by atoms with Gasteiger partial charge in [-0.1, -0.05) is 12.1 Å². The van der Waals surface area contributed by atoms with Crippen LogP contribution < -0.4 is 14.8 Å². The van der Waals surface area contributed by atoms with Gasteiger partial charge >= 0.3 is 0 Å². The molecule has 0 unspecified atom stereocenters. The number of imidazole rings is 1. The fourth-order valence-electron chi connectivity index (χ4n) is 2.56. The molecule has 2 aromatic rings. The van der Waals surface area contributed by atoms with Gasteiger partial charge in [-0.3, -0.25) is 4.79 Å². The molecule has 122 valence electrons. The van der Waals surface area contributed by atoms with E-state index in [1.807, 2.05) is 18.2 Å². The number of ether oxygens (including phenoxy) is 2. The molecule has 1 aliphatic rings. The van der Waals surface area contributed by atoms with Crippen LogP contribution in [0.3, 0.4) is 0 Å². The summed E-state index contributed by atoms with van der Waals surface area (Å²) in [5.74, 6) is 1.20. The van der Waals surface area contributed by atoms with Crippen molar-refractivity contribution in [3.05, 3.63) is 42.0 Å². The Labute approximate surface area is 133 Å². The highest BCUT2D eigenvalue weighted by Gasteiger charge is 2.22. The van der Waals surface area contributed by atoms with Crippen molar-refractivity contribution in [2.75, 3.05) is 6.79 Å². The predicted octanol–water partition coefficient (Wildman–Crippen LogP) is 1.25. The zero-order valence-corrected chi connectivity index (χ0v) is 12.8. The summed E-state index contributed by atoms with van der Waals surface area (Å²) in [6, 6.07) is 5.36. The number of hydrogen-bond donors (Lipinski definition) is 3. The fourth-order valence-corrected chi connectivity index (χ4v) is 2.56. The Hall–Kier alpha value is -2.54. The second-order valence-corrected chi connectivity index (χ2v) is 5.48. The lowest BCUT2D eigenvalue weighted by Crippen LogP contribution is -2.42. The fraction of sp³-hybridized carbons (Fsp3) is 0.375. The first-order valence-corrected chi connectivity index (χ1v) is 7.50. The molecule has 0 aliphatic carbocycles. The Morgan fingerprint density at radius 1 is 1.48 bits per heavy atom. The molecule has 0 saturated carbocycles. The zero-order valence-electron chi connectivity index (χ0n) is 12.8. The molecule has 1 aromatic carbocycles. The van der Waals surface area contributed by atoms with E-state index in [1.54, 1.807) is 6.92 Å². The third kappa shape index (κ3) is 3.45. The van der Waals surface area contributed by atoms with E-state index >= 15 is 0 Å². The third-order valence-electron chi connectivity index (χ3n) is 3.84. The molecular weight excluding hydrogens is 298 g/mol. The molecule has 7 nitrogen and oxygen atoms in total. The van der Waals surface area contributed by atoms with E-state index in [0.717, 1.165) is 17.1 Å². The van der Waals surface area contributed by atoms with Gasteiger partial charge in [0.15, 0.2) is 11.5 Å². The summed E-state index contributed by atoms with van der Waals surface area (Å²) in [5.41, 5.74) is 1.37. The summed E-state index contributed by atoms with van der Waals surface area (Å²) < 4.78 is 10.8. The minimum atomic E-state index is -0.671. The zero-order chi connectivity index (χ0) is 16.2. The second-order valence-electron chi connectivity index (χ2n) is 5.48. The van der Waals surface area contributed by atoms with E-state index in [0.29, 0.717) is 18.5 Å². The van der Waals surface area contributed by atoms with Gasteiger partial charge in [0.25, 0.3) is 5.91 Å². The number of carbonyl (C=O) groups excluding carboxylic acids is 1. The Morgan fingerprint density at radius 2 is 2.35 bits per heavy atom. The van der Waals surface area contributed by atoms with Crippen LogP contribution in [0.1, 0.15) is 29.4 Å². The van der Waals surface area contributed by atoms with Crippen LogP contribution in [0.25, 0.3) is 0 Å². The van der Waals surface area contributed by atoms with E-state index in [2.05, 4.69) is 15.3 Å². The van der Waals surface area contributed by atoms with Crippen LogP contribution in [0, 0.1) is 0 Å². The SMILES string of the molecule is C[C@H](O)[C@@H](CCc1cccc2c1OCO2)NC(=O)c1cnc[nH]1. The number of para-hydroxylation sites is 1. The second kappa shape index (κ2) is 6.70. The van der Waals surface area contributed by atoms with Crippen LogP contribution in [-0.4, -0.2) is 39.9 Å². The number of hydrogen-bond acceptors (Lipinski definition) is 5. The number of aliphatic hydroxyl groups is 1. The highest BCUT2D eigenvalue weighted by Crippen LogP contribution is 2.36. The van der Waals surface area contributed by atoms with Crippen molar-refractivity contribution in [1.82, 2.24) is 15.3 Å². The van der Waals surface area contributed by atoms with Gasteiger partial charge in [-0.15, -0.1) is 0 Å². The molecule has 7 heteroatoms. The average Bonchev–Trinajstić information content (AvgIpc) is 3.21. The van der Waals surface area contributed by atoms with Gasteiger partial charge in [-0.25, -0.2) is 4.98 Å². The van der Waals surface area contributed by atoms with Gasteiger partial charge in [-0.05, 0) is 31.4 Å². The van der Waals surface area contributed by atoms with E-state index in [1.165, 1.54) is 12.5 Å². The number of aromatic amines is 1. The first kappa shape index (κ1) is 15.4. The summed E-state index contributed by atoms with van der Waals surface area (Å²) in [7, 11) is 0. The summed E-state index contributed by atoms with van der Waals surface area (Å²) in [6.07, 6.45) is 3.46. The maximum atomic E-state index is 12.1. The van der Waals surface area contributed by atoms with Crippen LogP contribution in [0.15, 0.2) is 30.7 Å². The topological polar surface area (TPSA) is 96.5 Å². The summed E-state index contributed by atoms with van der Waals surface area (Å²) in [4.78, 5) is 18.6. The molecule has 0 radical (unpaired) electrons. The molecular formula is C16H19N3O4. The van der Waals surface area contributed by atoms with E-state index < -0.39 is 6.10 Å². The number of benzene rings is 1. The molecule has 0 saturated heterocycles. The molecule has 1 aromatic heterocycles. The summed E-state index contributed by atoms with van der Waals surface area (Å²) >= 11 is 0. The van der Waals surface area contributed by atoms with E-state index in [9.17, 15) is 9.90 Å². The largest absolute Gasteiger partial charge is 0.454 e. The number of aryl methyl sites for hydroxylation is 1. The highest BCUT2D eigenvalue weighted by atomic mass is 16.7. The first-order chi connectivity index (χ1) is 11.1. The number of amides is 1. The Balaban J connectivity index is 1.64. The van der Waals surface area contributed by atoms with Gasteiger partial charge < -0.3 is 24.9 Å². The smallest absolute Gasteiger partial charge is 0.269 e. The Morgan fingerprint density at radius 3 is 3.09 bits per heavy atom. The van der Waals surface area contributed by atoms with Crippen molar-refractivity contribution in [3.8, 4) is 11.5 Å². The molecule has 3 rings (SSSR count). The lowest BCUT2D eigenvalue weighted by atomic mass is 10.0. The molecule has 2 heterocycles. The highest BCUT2D eigenvalue weighted by molar-refractivity contribution is 5.92. The number of fused-ring (bicyclic) bond motifs is 1. The Kier molecular flexibility index (Phi) is 4.47. The minimum Gasteiger partial charge on any atom is -0.454 e. The van der Waals surface area contributed by atoms with Crippen molar-refractivity contribution >= 4 is 5.91 Å². The van der Waals surface area contributed by atoms with Gasteiger partial charge in [0.05, 0.1) is 24.7 Å². The number of aromatic nitrogens is 2. The lowest BCUT2D eigenvalue weighted by molar-refractivity contribution is 0.0846. The first-order valence-electron chi connectivity index (χ1n) is 7.50. The maximum Gasteiger partial charge on any atom is 0.269 e. The summed E-state index contributed by atoms with van der Waals surface area (Å²) in [5, 5.41) is 12.8. The number of nitrogens with zero attached hydrogens (tertiary/aromatic N) is 1. The predicted molar refractivity (Wildman–Crippen MR) is 82.4 cm³/mol. The van der Waals surface area contributed by atoms with Crippen LogP contribution in [0.2, 0.25) is 0 Å². The maximum absolute atomic E-state index is 12.1. The molecule has 23 heavy (non-hydrogen) atoms. The molecule has 0 bridgehead atoms. The van der Waals surface area contributed by atoms with E-state index in [-0.39, 0.29) is 18.7 Å². The average molecular weight is 317 g/mol. The van der Waals surface area contributed by atoms with Gasteiger partial charge in [0, 0.05) is 0 Å². The van der Waals surface area contributed by atoms with Gasteiger partial charge in [0.1, 0.15) is 5.69 Å². The number of aliphatic hydroxyl groups excluding tert-OH is 1. The summed E-state index contributed by atoms with van der Waals surface area (Å²) in [6.45, 7) is 1.88. The van der Waals surface area contributed by atoms with E-state index in [4.69, 9.17) is 9.47 Å². The number of H-pyrrole nitrogens is 1. The van der Waals surface area contributed by atoms with Crippen molar-refractivity contribution in [2.24, 2.45) is 0 Å². The van der Waals surface area contributed by atoms with Crippen LogP contribution in [0.5, 0.6) is 11.5 Å². The molecule has 2 atom stereocenters. The molecule has 1 amide bonds. The molecule has 0 spiro atoms. The van der Waals surface area contributed by atoms with Crippen molar-refractivity contribution in [3.63, 3.8) is 0 Å². The van der Waals surface area contributed by atoms with Crippen LogP contribution in [-0.2, 0) is 6.42 Å². The van der Waals surface area contributed by atoms with Gasteiger partial charge in [-0.2, -0.15) is 0 Å². The van der Waals surface area contributed by atoms with Crippen molar-refractivity contribution in [2.45, 2.75) is 31.9 Å². The monoisotopic (exact) mass is 317 g/mol. The molecule has 3 N–H and O–H groups in total. The van der Waals surface area contributed by atoms with Crippen LogP contribution >= 0.6 is 0 Å². The van der Waals surface area contributed by atoms with Crippen molar-refractivity contribution in [1.29, 1.82) is 0 Å². The van der Waals surface area contributed by atoms with Crippen LogP contribution in [0.4, 0.5) is 0 Å². The standard InChI is InChI=1S/C16H19N3O4/c1-10(20)12(19-16(21)13-7-17-8-18-13)6-5-11-3-2-4-14-15(11)23-9-22-14/h2-4,7-8,10,12,20H,5-6,9H2,1H3,(H,17,18)(H,19,21)/t10-,12+/m0/s1. The number of carbonyl (C=O) groups is 1. The normalized spacial score (nSPS) is 15.2. The van der Waals surface area contributed by atoms with Gasteiger partial charge in [0.2, 0.25) is 6.79 Å². The third-order valence-corrected chi connectivity index (χ3v) is 3.84. The number of nitrogens with one attached hydrogen (secondary N) is 2. The Bertz CT molecular complexity index is 670. The minimum absolute atomic E-state index is 0.225. The van der Waals surface area contributed by atoms with Crippen molar-refractivity contribution < 1.29 is 19.4 Å². The quantitative estimate of drug-likeness (QED) is 0.745.